The van der Waals surface area contributed by atoms with Crippen LogP contribution in [0.5, 0.6) is 0 Å². The van der Waals surface area contributed by atoms with Crippen molar-refractivity contribution in [2.45, 2.75) is 29.7 Å². The monoisotopic (exact) mass is 313 g/mol. The van der Waals surface area contributed by atoms with E-state index in [9.17, 15) is 13.2 Å². The summed E-state index contributed by atoms with van der Waals surface area (Å²) in [6.07, 6.45) is 0.216. The molecule has 4 nitrogen and oxygen atoms in total. The lowest BCUT2D eigenvalue weighted by Crippen LogP contribution is -2.40. The first kappa shape index (κ1) is 13.5. The molecule has 2 heterocycles. The third kappa shape index (κ3) is 1.47. The smallest absolute Gasteiger partial charge is 0.267 e. The van der Waals surface area contributed by atoms with Crippen LogP contribution in [0, 0.1) is 0 Å². The van der Waals surface area contributed by atoms with Crippen LogP contribution in [0.3, 0.4) is 0 Å². The standard InChI is InChI=1S/C17H15NO3S/c1-17-13-9-5-6-10-15(13)22(20,21)18(17)16(19)11-14(17)12-7-3-2-4-8-12/h2-10,14H,11H2,1H3/t14-,17-/m1/s1. The molecule has 0 unspecified atom stereocenters. The van der Waals surface area contributed by atoms with E-state index in [-0.39, 0.29) is 23.1 Å². The summed E-state index contributed by atoms with van der Waals surface area (Å²) < 4.78 is 26.6. The van der Waals surface area contributed by atoms with E-state index in [2.05, 4.69) is 0 Å². The highest BCUT2D eigenvalue weighted by Crippen LogP contribution is 2.57. The van der Waals surface area contributed by atoms with Crippen molar-refractivity contribution in [3.8, 4) is 0 Å². The van der Waals surface area contributed by atoms with Gasteiger partial charge in [-0.15, -0.1) is 0 Å². The van der Waals surface area contributed by atoms with Gasteiger partial charge >= 0.3 is 0 Å². The number of carbonyl (C=O) groups excluding carboxylic acids is 1. The number of nitrogens with zero attached hydrogens (tertiary/aromatic N) is 1. The largest absolute Gasteiger partial charge is 0.274 e. The van der Waals surface area contributed by atoms with E-state index in [4.69, 9.17) is 0 Å². The highest BCUT2D eigenvalue weighted by molar-refractivity contribution is 7.90. The normalized spacial score (nSPS) is 28.5. The van der Waals surface area contributed by atoms with E-state index >= 15 is 0 Å². The molecule has 0 bridgehead atoms. The summed E-state index contributed by atoms with van der Waals surface area (Å²) in [4.78, 5) is 12.7. The zero-order valence-corrected chi connectivity index (χ0v) is 12.9. The number of carbonyl (C=O) groups is 1. The van der Waals surface area contributed by atoms with Crippen LogP contribution < -0.4 is 0 Å². The van der Waals surface area contributed by atoms with Crippen LogP contribution in [-0.2, 0) is 20.4 Å². The van der Waals surface area contributed by atoms with Gasteiger partial charge in [0, 0.05) is 12.3 Å². The van der Waals surface area contributed by atoms with E-state index in [1.54, 1.807) is 12.1 Å². The van der Waals surface area contributed by atoms with Gasteiger partial charge in [0.05, 0.1) is 10.4 Å². The maximum absolute atomic E-state index is 12.8. The van der Waals surface area contributed by atoms with Gasteiger partial charge in [0.25, 0.3) is 10.0 Å². The van der Waals surface area contributed by atoms with E-state index in [1.807, 2.05) is 49.4 Å². The summed E-state index contributed by atoms with van der Waals surface area (Å²) in [7, 11) is -3.75. The van der Waals surface area contributed by atoms with Gasteiger partial charge in [-0.1, -0.05) is 48.5 Å². The molecule has 4 rings (SSSR count). The molecule has 1 amide bonds. The topological polar surface area (TPSA) is 54.5 Å². The van der Waals surface area contributed by atoms with Crippen LogP contribution in [0.4, 0.5) is 0 Å². The van der Waals surface area contributed by atoms with Gasteiger partial charge in [-0.3, -0.25) is 4.79 Å². The van der Waals surface area contributed by atoms with Crippen molar-refractivity contribution in [3.63, 3.8) is 0 Å². The summed E-state index contributed by atoms with van der Waals surface area (Å²) in [5, 5.41) is 0. The molecule has 2 aliphatic rings. The number of amides is 1. The summed E-state index contributed by atoms with van der Waals surface area (Å²) in [6, 6.07) is 16.6. The van der Waals surface area contributed by atoms with Crippen LogP contribution in [0.25, 0.3) is 0 Å². The molecule has 2 atom stereocenters. The Bertz CT molecular complexity index is 876. The van der Waals surface area contributed by atoms with Crippen LogP contribution >= 0.6 is 0 Å². The maximum Gasteiger partial charge on any atom is 0.267 e. The lowest BCUT2D eigenvalue weighted by Gasteiger charge is -2.32. The molecule has 0 aromatic heterocycles. The van der Waals surface area contributed by atoms with E-state index in [0.717, 1.165) is 15.4 Å². The Morgan fingerprint density at radius 1 is 1.05 bits per heavy atom. The predicted molar refractivity (Wildman–Crippen MR) is 81.6 cm³/mol. The Labute approximate surface area is 129 Å². The lowest BCUT2D eigenvalue weighted by atomic mass is 9.77. The first-order chi connectivity index (χ1) is 10.5. The summed E-state index contributed by atoms with van der Waals surface area (Å²) in [5.74, 6) is -0.493. The van der Waals surface area contributed by atoms with Crippen LogP contribution in [0.1, 0.15) is 30.4 Å². The van der Waals surface area contributed by atoms with Crippen molar-refractivity contribution >= 4 is 15.9 Å². The Morgan fingerprint density at radius 3 is 2.41 bits per heavy atom. The minimum absolute atomic E-state index is 0.167. The lowest BCUT2D eigenvalue weighted by molar-refractivity contribution is -0.125. The van der Waals surface area contributed by atoms with E-state index < -0.39 is 15.6 Å². The molecule has 2 aromatic carbocycles. The fourth-order valence-corrected chi connectivity index (χ4v) is 5.94. The molecule has 0 aliphatic carbocycles. The van der Waals surface area contributed by atoms with Gasteiger partial charge in [-0.05, 0) is 24.1 Å². The van der Waals surface area contributed by atoms with Gasteiger partial charge in [-0.2, -0.15) is 0 Å². The van der Waals surface area contributed by atoms with Gasteiger partial charge in [-0.25, -0.2) is 12.7 Å². The zero-order chi connectivity index (χ0) is 15.5. The molecule has 1 saturated heterocycles. The number of hydrogen-bond donors (Lipinski definition) is 0. The highest BCUT2D eigenvalue weighted by Gasteiger charge is 2.62. The number of rotatable bonds is 1. The van der Waals surface area contributed by atoms with Crippen molar-refractivity contribution in [2.75, 3.05) is 0 Å². The number of benzene rings is 2. The second-order valence-electron chi connectivity index (χ2n) is 5.97. The molecular weight excluding hydrogens is 298 g/mol. The molecule has 22 heavy (non-hydrogen) atoms. The predicted octanol–water partition coefficient (Wildman–Crippen LogP) is 2.62. The number of hydrogen-bond acceptors (Lipinski definition) is 3. The summed E-state index contributed by atoms with van der Waals surface area (Å²) in [6.45, 7) is 1.86. The Hall–Kier alpha value is -2.14. The van der Waals surface area contributed by atoms with Crippen molar-refractivity contribution in [3.05, 3.63) is 65.7 Å². The molecule has 2 aromatic rings. The van der Waals surface area contributed by atoms with Crippen molar-refractivity contribution in [1.82, 2.24) is 4.31 Å². The molecule has 1 fully saturated rings. The van der Waals surface area contributed by atoms with E-state index in [1.165, 1.54) is 0 Å². The van der Waals surface area contributed by atoms with Gasteiger partial charge in [0.1, 0.15) is 0 Å². The van der Waals surface area contributed by atoms with Crippen molar-refractivity contribution in [2.24, 2.45) is 0 Å². The summed E-state index contributed by atoms with van der Waals surface area (Å²) in [5.41, 5.74) is 0.871. The molecule has 0 spiro atoms. The van der Waals surface area contributed by atoms with Gasteiger partial charge in [0.15, 0.2) is 0 Å². The number of sulfonamides is 1. The molecular formula is C17H15NO3S. The quantitative estimate of drug-likeness (QED) is 0.813. The fourth-order valence-electron chi connectivity index (χ4n) is 3.87. The Morgan fingerprint density at radius 2 is 1.68 bits per heavy atom. The zero-order valence-electron chi connectivity index (χ0n) is 12.1. The third-order valence-corrected chi connectivity index (χ3v) is 6.83. The Kier molecular flexibility index (Phi) is 2.58. The Balaban J connectivity index is 2.01. The van der Waals surface area contributed by atoms with Crippen LogP contribution in [-0.4, -0.2) is 18.6 Å². The van der Waals surface area contributed by atoms with Gasteiger partial charge < -0.3 is 0 Å². The molecule has 0 N–H and O–H groups in total. The molecule has 0 saturated carbocycles. The van der Waals surface area contributed by atoms with Crippen molar-refractivity contribution in [1.29, 1.82) is 0 Å². The number of fused-ring (bicyclic) bond motifs is 3. The van der Waals surface area contributed by atoms with Gasteiger partial charge in [0.2, 0.25) is 5.91 Å². The summed E-state index contributed by atoms with van der Waals surface area (Å²) >= 11 is 0. The van der Waals surface area contributed by atoms with Crippen LogP contribution in [0.15, 0.2) is 59.5 Å². The minimum atomic E-state index is -3.75. The first-order valence-corrected chi connectivity index (χ1v) is 8.64. The molecule has 2 aliphatic heterocycles. The molecule has 112 valence electrons. The van der Waals surface area contributed by atoms with Crippen LogP contribution in [0.2, 0.25) is 0 Å². The molecule has 0 radical (unpaired) electrons. The SMILES string of the molecule is C[C@]12c3ccccc3S(=O)(=O)N1C(=O)C[C@@H]2c1ccccc1. The second kappa shape index (κ2) is 4.20. The third-order valence-electron chi connectivity index (χ3n) is 4.86. The fraction of sp³-hybridized carbons (Fsp3) is 0.235. The van der Waals surface area contributed by atoms with Crippen molar-refractivity contribution < 1.29 is 13.2 Å². The minimum Gasteiger partial charge on any atom is -0.274 e. The average Bonchev–Trinajstić information content (AvgIpc) is 2.90. The first-order valence-electron chi connectivity index (χ1n) is 7.20. The highest BCUT2D eigenvalue weighted by atomic mass is 32.2. The average molecular weight is 313 g/mol. The maximum atomic E-state index is 12.8. The molecule has 5 heteroatoms. The van der Waals surface area contributed by atoms with E-state index in [0.29, 0.717) is 0 Å². The second-order valence-corrected chi connectivity index (χ2v) is 7.73.